The molecule has 0 saturated heterocycles. The minimum absolute atomic E-state index is 0.177. The third kappa shape index (κ3) is 2.63. The second-order valence-corrected chi connectivity index (χ2v) is 4.99. The molecule has 1 aliphatic rings. The highest BCUT2D eigenvalue weighted by Crippen LogP contribution is 2.08. The van der Waals surface area contributed by atoms with Gasteiger partial charge in [-0.1, -0.05) is 24.3 Å². The zero-order valence-corrected chi connectivity index (χ0v) is 11.3. The van der Waals surface area contributed by atoms with Gasteiger partial charge in [0.25, 0.3) is 5.56 Å². The van der Waals surface area contributed by atoms with Crippen LogP contribution in [0.3, 0.4) is 0 Å². The zero-order chi connectivity index (χ0) is 14.8. The van der Waals surface area contributed by atoms with Crippen LogP contribution in [0.1, 0.15) is 34.5 Å². The molecule has 2 N–H and O–H groups in total. The summed E-state index contributed by atoms with van der Waals surface area (Å²) in [7, 11) is 0. The van der Waals surface area contributed by atoms with E-state index in [1.54, 1.807) is 18.2 Å². The third-order valence-electron chi connectivity index (χ3n) is 3.55. The van der Waals surface area contributed by atoms with E-state index in [0.717, 1.165) is 29.3 Å². The Morgan fingerprint density at radius 1 is 1.24 bits per heavy atom. The Morgan fingerprint density at radius 2 is 2.00 bits per heavy atom. The second-order valence-electron chi connectivity index (χ2n) is 4.99. The van der Waals surface area contributed by atoms with Gasteiger partial charge in [-0.3, -0.25) is 4.79 Å². The number of nitrogens with one attached hydrogen (secondary N) is 1. The monoisotopic (exact) mass is 282 g/mol. The van der Waals surface area contributed by atoms with Crippen LogP contribution in [-0.2, 0) is 6.42 Å². The number of carbonyl (C=O) groups is 1. The predicted octanol–water partition coefficient (Wildman–Crippen LogP) is 0.414. The lowest BCUT2D eigenvalue weighted by Gasteiger charge is -2.06. The number of carboxylic acids is 1. The van der Waals surface area contributed by atoms with E-state index in [1.165, 1.54) is 0 Å². The lowest BCUT2D eigenvalue weighted by atomic mass is 10.0. The summed E-state index contributed by atoms with van der Waals surface area (Å²) in [5, 5.41) is 17.2. The van der Waals surface area contributed by atoms with Crippen LogP contribution in [0, 0.1) is 0 Å². The van der Waals surface area contributed by atoms with Crippen LogP contribution in [-0.4, -0.2) is 21.3 Å². The normalized spacial score (nSPS) is 13.0. The highest BCUT2D eigenvalue weighted by molar-refractivity contribution is 5.87. The van der Waals surface area contributed by atoms with Crippen LogP contribution < -0.4 is 16.0 Å². The summed E-state index contributed by atoms with van der Waals surface area (Å²) in [4.78, 5) is 22.8. The van der Waals surface area contributed by atoms with Crippen molar-refractivity contribution in [3.63, 3.8) is 0 Å². The van der Waals surface area contributed by atoms with E-state index >= 15 is 0 Å². The van der Waals surface area contributed by atoms with Gasteiger partial charge < -0.3 is 5.11 Å². The van der Waals surface area contributed by atoms with E-state index < -0.39 is 5.97 Å². The average Bonchev–Trinajstić information content (AvgIpc) is 2.51. The molecule has 1 aromatic heterocycles. The van der Waals surface area contributed by atoms with E-state index in [-0.39, 0.29) is 11.1 Å². The van der Waals surface area contributed by atoms with Gasteiger partial charge in [-0.15, -0.1) is 0 Å². The lowest BCUT2D eigenvalue weighted by molar-refractivity contribution is 0.0697. The van der Waals surface area contributed by atoms with E-state index in [2.05, 4.69) is 10.2 Å². The van der Waals surface area contributed by atoms with E-state index in [9.17, 15) is 9.59 Å². The van der Waals surface area contributed by atoms with Crippen molar-refractivity contribution in [2.45, 2.75) is 19.3 Å². The van der Waals surface area contributed by atoms with Crippen molar-refractivity contribution in [2.75, 3.05) is 0 Å². The number of nitrogens with zero attached hydrogens (tertiary/aromatic N) is 1. The Balaban J connectivity index is 2.06. The average molecular weight is 282 g/mol. The van der Waals surface area contributed by atoms with Crippen LogP contribution in [0.5, 0.6) is 0 Å². The summed E-state index contributed by atoms with van der Waals surface area (Å²) in [5.41, 5.74) is 1.70. The summed E-state index contributed by atoms with van der Waals surface area (Å²) in [5.74, 6) is -0.951. The fraction of sp³-hybridized carbons (Fsp3) is 0.188. The number of aromatic nitrogens is 2. The van der Waals surface area contributed by atoms with Crippen molar-refractivity contribution < 1.29 is 9.90 Å². The number of H-pyrrole nitrogens is 1. The number of carboxylic acid groups (broad SMARTS) is 1. The van der Waals surface area contributed by atoms with Crippen LogP contribution in [0.4, 0.5) is 0 Å². The highest BCUT2D eigenvalue weighted by Gasteiger charge is 2.08. The van der Waals surface area contributed by atoms with Crippen molar-refractivity contribution in [1.29, 1.82) is 0 Å². The van der Waals surface area contributed by atoms with Crippen molar-refractivity contribution >= 4 is 18.1 Å². The Bertz CT molecular complexity index is 881. The molecule has 0 fully saturated rings. The molecule has 21 heavy (non-hydrogen) atoms. The number of fused-ring (bicyclic) bond motifs is 1. The van der Waals surface area contributed by atoms with E-state index in [1.807, 2.05) is 18.2 Å². The zero-order valence-electron chi connectivity index (χ0n) is 11.3. The number of hydrogen-bond acceptors (Lipinski definition) is 3. The maximum Gasteiger partial charge on any atom is 0.335 e. The topological polar surface area (TPSA) is 83.0 Å². The SMILES string of the molecule is O=C(O)c1cccc(Cc2n[nH]c(=O)c3c2=CCCC=3)c1. The summed E-state index contributed by atoms with van der Waals surface area (Å²) >= 11 is 0. The molecule has 5 nitrogen and oxygen atoms in total. The summed E-state index contributed by atoms with van der Waals surface area (Å²) < 4.78 is 0. The smallest absolute Gasteiger partial charge is 0.335 e. The van der Waals surface area contributed by atoms with Crippen molar-refractivity contribution in [2.24, 2.45) is 0 Å². The molecule has 106 valence electrons. The van der Waals surface area contributed by atoms with Crippen molar-refractivity contribution in [1.82, 2.24) is 10.2 Å². The molecule has 0 unspecified atom stereocenters. The third-order valence-corrected chi connectivity index (χ3v) is 3.55. The number of aromatic carboxylic acids is 1. The van der Waals surface area contributed by atoms with Crippen LogP contribution >= 0.6 is 0 Å². The molecule has 3 rings (SSSR count). The predicted molar refractivity (Wildman–Crippen MR) is 78.5 cm³/mol. The first kappa shape index (κ1) is 13.3. The minimum atomic E-state index is -0.951. The molecule has 2 aromatic rings. The molecule has 5 heteroatoms. The molecule has 0 atom stereocenters. The van der Waals surface area contributed by atoms with Crippen molar-refractivity contribution in [3.8, 4) is 0 Å². The van der Waals surface area contributed by atoms with Gasteiger partial charge in [0, 0.05) is 16.9 Å². The first-order chi connectivity index (χ1) is 10.1. The molecule has 0 amide bonds. The van der Waals surface area contributed by atoms with Gasteiger partial charge in [-0.05, 0) is 30.5 Å². The first-order valence-corrected chi connectivity index (χ1v) is 6.75. The quantitative estimate of drug-likeness (QED) is 0.854. The number of hydrogen-bond donors (Lipinski definition) is 2. The van der Waals surface area contributed by atoms with E-state index in [0.29, 0.717) is 11.6 Å². The van der Waals surface area contributed by atoms with Gasteiger partial charge in [-0.25, -0.2) is 9.89 Å². The maximum absolute atomic E-state index is 11.8. The fourth-order valence-electron chi connectivity index (χ4n) is 2.54. The molecule has 0 aliphatic heterocycles. The van der Waals surface area contributed by atoms with Gasteiger partial charge in [0.2, 0.25) is 0 Å². The molecule has 1 aliphatic carbocycles. The lowest BCUT2D eigenvalue weighted by Crippen LogP contribution is -2.45. The largest absolute Gasteiger partial charge is 0.478 e. The van der Waals surface area contributed by atoms with Crippen LogP contribution in [0.2, 0.25) is 0 Å². The van der Waals surface area contributed by atoms with Gasteiger partial charge in [0.05, 0.1) is 11.3 Å². The Labute approximate surface area is 120 Å². The molecular weight excluding hydrogens is 268 g/mol. The summed E-state index contributed by atoms with van der Waals surface area (Å²) in [6.07, 6.45) is 6.18. The Kier molecular flexibility index (Phi) is 3.39. The number of benzene rings is 1. The molecule has 0 spiro atoms. The highest BCUT2D eigenvalue weighted by atomic mass is 16.4. The number of rotatable bonds is 3. The second kappa shape index (κ2) is 5.36. The minimum Gasteiger partial charge on any atom is -0.478 e. The van der Waals surface area contributed by atoms with Gasteiger partial charge in [-0.2, -0.15) is 5.10 Å². The maximum atomic E-state index is 11.8. The molecule has 0 saturated carbocycles. The van der Waals surface area contributed by atoms with E-state index in [4.69, 9.17) is 5.11 Å². The van der Waals surface area contributed by atoms with Gasteiger partial charge >= 0.3 is 5.97 Å². The van der Waals surface area contributed by atoms with Crippen molar-refractivity contribution in [3.05, 3.63) is 61.9 Å². The van der Waals surface area contributed by atoms with Crippen LogP contribution in [0.15, 0.2) is 29.1 Å². The fourth-order valence-corrected chi connectivity index (χ4v) is 2.54. The summed E-state index contributed by atoms with van der Waals surface area (Å²) in [6.45, 7) is 0. The molecule has 0 radical (unpaired) electrons. The Morgan fingerprint density at radius 3 is 2.76 bits per heavy atom. The summed E-state index contributed by atoms with van der Waals surface area (Å²) in [6, 6.07) is 6.76. The molecule has 1 heterocycles. The standard InChI is InChI=1S/C16H14N2O3/c19-15-13-7-2-1-6-12(13)14(17-18-15)9-10-4-3-5-11(8-10)16(20)21/h3-8H,1-2,9H2,(H,18,19)(H,20,21). The molecule has 0 bridgehead atoms. The molecule has 1 aromatic carbocycles. The molecular formula is C16H14N2O3. The van der Waals surface area contributed by atoms with Gasteiger partial charge in [0.1, 0.15) is 0 Å². The first-order valence-electron chi connectivity index (χ1n) is 6.75. The Hall–Kier alpha value is -2.69. The van der Waals surface area contributed by atoms with Crippen LogP contribution in [0.25, 0.3) is 12.2 Å². The number of aromatic amines is 1. The van der Waals surface area contributed by atoms with Gasteiger partial charge in [0.15, 0.2) is 0 Å².